The highest BCUT2D eigenvalue weighted by Gasteiger charge is 2.18. The highest BCUT2D eigenvalue weighted by atomic mass is 16.2. The van der Waals surface area contributed by atoms with Gasteiger partial charge in [-0.05, 0) is 38.1 Å². The first-order valence-corrected chi connectivity index (χ1v) is 5.81. The number of benzene rings is 1. The molecule has 0 atom stereocenters. The van der Waals surface area contributed by atoms with Crippen LogP contribution >= 0.6 is 0 Å². The molecule has 0 aromatic heterocycles. The van der Waals surface area contributed by atoms with E-state index in [-0.39, 0.29) is 5.91 Å². The molecule has 3 nitrogen and oxygen atoms in total. The molecule has 0 N–H and O–H groups in total. The molecule has 0 spiro atoms. The number of amides is 1. The second-order valence-corrected chi connectivity index (χ2v) is 4.27. The lowest BCUT2D eigenvalue weighted by Gasteiger charge is -2.21. The molecule has 1 aromatic rings. The minimum absolute atomic E-state index is 0.174. The Hall–Kier alpha value is -1.35. The van der Waals surface area contributed by atoms with E-state index >= 15 is 0 Å². The van der Waals surface area contributed by atoms with Gasteiger partial charge in [0.1, 0.15) is 0 Å². The summed E-state index contributed by atoms with van der Waals surface area (Å²) in [6, 6.07) is 9.79. The molecule has 1 aliphatic heterocycles. The first kappa shape index (κ1) is 11.1. The molecule has 86 valence electrons. The molecule has 0 aliphatic carbocycles. The molecule has 0 saturated carbocycles. The first-order valence-electron chi connectivity index (χ1n) is 5.81. The number of hydrogen-bond donors (Lipinski definition) is 0. The lowest BCUT2D eigenvalue weighted by atomic mass is 10.3. The number of nitrogens with zero attached hydrogens (tertiary/aromatic N) is 2. The molecule has 0 unspecified atom stereocenters. The smallest absolute Gasteiger partial charge is 0.240 e. The van der Waals surface area contributed by atoms with Gasteiger partial charge >= 0.3 is 0 Å². The fourth-order valence-electron chi connectivity index (χ4n) is 2.03. The average Bonchev–Trinajstić information content (AvgIpc) is 2.82. The van der Waals surface area contributed by atoms with Crippen LogP contribution in [0, 0.1) is 0 Å². The molecule has 16 heavy (non-hydrogen) atoms. The van der Waals surface area contributed by atoms with Crippen molar-refractivity contribution in [3.8, 4) is 0 Å². The van der Waals surface area contributed by atoms with Crippen LogP contribution in [0.4, 0.5) is 5.69 Å². The van der Waals surface area contributed by atoms with Crippen LogP contribution in [0.25, 0.3) is 0 Å². The van der Waals surface area contributed by atoms with E-state index in [2.05, 4.69) is 4.90 Å². The predicted molar refractivity (Wildman–Crippen MR) is 65.5 cm³/mol. The summed E-state index contributed by atoms with van der Waals surface area (Å²) in [5.41, 5.74) is 0.965. The number of likely N-dealkylation sites (N-methyl/N-ethyl adjacent to an activating group) is 1. The minimum atomic E-state index is 0.174. The molecular formula is C13H18N2O. The Balaban J connectivity index is 1.94. The zero-order chi connectivity index (χ0) is 11.4. The maximum absolute atomic E-state index is 12.0. The van der Waals surface area contributed by atoms with Gasteiger partial charge in [0, 0.05) is 12.7 Å². The van der Waals surface area contributed by atoms with E-state index in [1.54, 1.807) is 4.90 Å². The summed E-state index contributed by atoms with van der Waals surface area (Å²) >= 11 is 0. The van der Waals surface area contributed by atoms with Crippen molar-refractivity contribution >= 4 is 11.6 Å². The summed E-state index contributed by atoms with van der Waals surface area (Å²) in [7, 11) is 1.84. The van der Waals surface area contributed by atoms with Gasteiger partial charge in [-0.25, -0.2) is 0 Å². The van der Waals surface area contributed by atoms with Crippen molar-refractivity contribution in [2.75, 3.05) is 31.6 Å². The van der Waals surface area contributed by atoms with Crippen LogP contribution in [0.2, 0.25) is 0 Å². The van der Waals surface area contributed by atoms with Crippen molar-refractivity contribution in [3.63, 3.8) is 0 Å². The Labute approximate surface area is 96.7 Å². The number of para-hydroxylation sites is 1. The van der Waals surface area contributed by atoms with Crippen molar-refractivity contribution in [1.29, 1.82) is 0 Å². The SMILES string of the molecule is CN(C(=O)CN1CCCC1)c1ccccc1. The maximum Gasteiger partial charge on any atom is 0.240 e. The highest BCUT2D eigenvalue weighted by molar-refractivity contribution is 5.94. The van der Waals surface area contributed by atoms with Gasteiger partial charge in [0.05, 0.1) is 6.54 Å². The fraction of sp³-hybridized carbons (Fsp3) is 0.462. The lowest BCUT2D eigenvalue weighted by Crippen LogP contribution is -2.37. The molecule has 1 aliphatic rings. The van der Waals surface area contributed by atoms with Crippen LogP contribution in [0.1, 0.15) is 12.8 Å². The monoisotopic (exact) mass is 218 g/mol. The van der Waals surface area contributed by atoms with Crippen molar-refractivity contribution < 1.29 is 4.79 Å². The number of anilines is 1. The molecule has 1 saturated heterocycles. The predicted octanol–water partition coefficient (Wildman–Crippen LogP) is 1.75. The summed E-state index contributed by atoms with van der Waals surface area (Å²) in [4.78, 5) is 15.9. The second kappa shape index (κ2) is 5.12. The first-order chi connectivity index (χ1) is 7.77. The Morgan fingerprint density at radius 2 is 1.88 bits per heavy atom. The number of likely N-dealkylation sites (tertiary alicyclic amines) is 1. The van der Waals surface area contributed by atoms with Crippen molar-refractivity contribution in [1.82, 2.24) is 4.90 Å². The third-order valence-corrected chi connectivity index (χ3v) is 3.08. The van der Waals surface area contributed by atoms with Crippen LogP contribution < -0.4 is 4.90 Å². The zero-order valence-corrected chi connectivity index (χ0v) is 9.72. The van der Waals surface area contributed by atoms with Gasteiger partial charge in [-0.3, -0.25) is 9.69 Å². The summed E-state index contributed by atoms with van der Waals surface area (Å²) in [6.07, 6.45) is 2.45. The van der Waals surface area contributed by atoms with Crippen LogP contribution in [-0.4, -0.2) is 37.5 Å². The largest absolute Gasteiger partial charge is 0.314 e. The standard InChI is InChI=1S/C13H18N2O/c1-14(12-7-3-2-4-8-12)13(16)11-15-9-5-6-10-15/h2-4,7-8H,5-6,9-11H2,1H3. The van der Waals surface area contributed by atoms with Crippen LogP contribution in [0.15, 0.2) is 30.3 Å². The Morgan fingerprint density at radius 3 is 2.50 bits per heavy atom. The van der Waals surface area contributed by atoms with Crippen molar-refractivity contribution in [3.05, 3.63) is 30.3 Å². The molecule has 1 aromatic carbocycles. The van der Waals surface area contributed by atoms with E-state index in [0.29, 0.717) is 6.54 Å². The Kier molecular flexibility index (Phi) is 3.57. The van der Waals surface area contributed by atoms with E-state index in [4.69, 9.17) is 0 Å². The Morgan fingerprint density at radius 1 is 1.25 bits per heavy atom. The van der Waals surface area contributed by atoms with Crippen LogP contribution in [-0.2, 0) is 4.79 Å². The quantitative estimate of drug-likeness (QED) is 0.771. The highest BCUT2D eigenvalue weighted by Crippen LogP contribution is 2.13. The van der Waals surface area contributed by atoms with Gasteiger partial charge < -0.3 is 4.90 Å². The van der Waals surface area contributed by atoms with E-state index in [1.807, 2.05) is 37.4 Å². The van der Waals surface area contributed by atoms with Gasteiger partial charge in [0.15, 0.2) is 0 Å². The van der Waals surface area contributed by atoms with Gasteiger partial charge in [-0.2, -0.15) is 0 Å². The van der Waals surface area contributed by atoms with Gasteiger partial charge in [0.2, 0.25) is 5.91 Å². The molecule has 3 heteroatoms. The Bertz CT molecular complexity index is 344. The summed E-state index contributed by atoms with van der Waals surface area (Å²) in [5.74, 6) is 0.174. The average molecular weight is 218 g/mol. The van der Waals surface area contributed by atoms with E-state index in [1.165, 1.54) is 12.8 Å². The molecule has 1 amide bonds. The number of rotatable bonds is 3. The zero-order valence-electron chi connectivity index (χ0n) is 9.72. The fourth-order valence-corrected chi connectivity index (χ4v) is 2.03. The van der Waals surface area contributed by atoms with E-state index in [0.717, 1.165) is 18.8 Å². The summed E-state index contributed by atoms with van der Waals surface area (Å²) in [5, 5.41) is 0. The molecule has 2 rings (SSSR count). The molecule has 0 radical (unpaired) electrons. The maximum atomic E-state index is 12.0. The van der Waals surface area contributed by atoms with Crippen LogP contribution in [0.3, 0.4) is 0 Å². The molecule has 0 bridgehead atoms. The topological polar surface area (TPSA) is 23.6 Å². The minimum Gasteiger partial charge on any atom is -0.314 e. The van der Waals surface area contributed by atoms with Gasteiger partial charge in [-0.15, -0.1) is 0 Å². The third-order valence-electron chi connectivity index (χ3n) is 3.08. The molecule has 1 heterocycles. The molecular weight excluding hydrogens is 200 g/mol. The number of carbonyl (C=O) groups is 1. The second-order valence-electron chi connectivity index (χ2n) is 4.27. The number of carbonyl (C=O) groups excluding carboxylic acids is 1. The molecule has 1 fully saturated rings. The number of hydrogen-bond acceptors (Lipinski definition) is 2. The normalized spacial score (nSPS) is 16.3. The van der Waals surface area contributed by atoms with Gasteiger partial charge in [0.25, 0.3) is 0 Å². The van der Waals surface area contributed by atoms with Crippen molar-refractivity contribution in [2.45, 2.75) is 12.8 Å². The van der Waals surface area contributed by atoms with E-state index < -0.39 is 0 Å². The van der Waals surface area contributed by atoms with Crippen molar-refractivity contribution in [2.24, 2.45) is 0 Å². The summed E-state index contributed by atoms with van der Waals surface area (Å²) in [6.45, 7) is 2.67. The van der Waals surface area contributed by atoms with Gasteiger partial charge in [-0.1, -0.05) is 18.2 Å². The van der Waals surface area contributed by atoms with Crippen LogP contribution in [0.5, 0.6) is 0 Å². The summed E-state index contributed by atoms with van der Waals surface area (Å²) < 4.78 is 0. The lowest BCUT2D eigenvalue weighted by molar-refractivity contribution is -0.119. The van der Waals surface area contributed by atoms with E-state index in [9.17, 15) is 4.79 Å². The third kappa shape index (κ3) is 2.61.